The van der Waals surface area contributed by atoms with Gasteiger partial charge in [-0.05, 0) is 55.5 Å². The zero-order valence-corrected chi connectivity index (χ0v) is 22.2. The van der Waals surface area contributed by atoms with E-state index in [4.69, 9.17) is 11.6 Å². The van der Waals surface area contributed by atoms with Crippen molar-refractivity contribution in [3.8, 4) is 0 Å². The molecule has 37 heavy (non-hydrogen) atoms. The van der Waals surface area contributed by atoms with Crippen LogP contribution in [0.1, 0.15) is 27.6 Å². The monoisotopic (exact) mass is 536 g/mol. The number of rotatable bonds is 6. The molecule has 1 atom stereocenters. The summed E-state index contributed by atoms with van der Waals surface area (Å²) in [6.45, 7) is 7.16. The van der Waals surface area contributed by atoms with Gasteiger partial charge in [-0.15, -0.1) is 0 Å². The summed E-state index contributed by atoms with van der Waals surface area (Å²) in [5.74, 6) is -0.420. The topological polar surface area (TPSA) is 73.0 Å². The zero-order valence-electron chi connectivity index (χ0n) is 20.7. The Labute approximate surface area is 224 Å². The van der Waals surface area contributed by atoms with Gasteiger partial charge in [0.05, 0.1) is 31.8 Å². The summed E-state index contributed by atoms with van der Waals surface area (Å²) in [5, 5.41) is 3.74. The van der Waals surface area contributed by atoms with Gasteiger partial charge in [0.2, 0.25) is 0 Å². The Hall–Kier alpha value is -3.20. The third-order valence-electron chi connectivity index (χ3n) is 6.85. The number of anilines is 2. The van der Waals surface area contributed by atoms with Crippen molar-refractivity contribution >= 4 is 45.6 Å². The number of amides is 2. The molecule has 1 saturated heterocycles. The number of carbonyl (C=O) groups excluding carboxylic acids is 2. The summed E-state index contributed by atoms with van der Waals surface area (Å²) in [7, 11) is -1.51. The summed E-state index contributed by atoms with van der Waals surface area (Å²) in [5.41, 5.74) is 2.53. The number of halogens is 1. The van der Waals surface area contributed by atoms with Gasteiger partial charge in [-0.25, -0.2) is 4.21 Å². The Morgan fingerprint density at radius 3 is 2.51 bits per heavy atom. The van der Waals surface area contributed by atoms with Gasteiger partial charge in [0.25, 0.3) is 11.8 Å². The number of hydrogen-bond acceptors (Lipinski definition) is 5. The van der Waals surface area contributed by atoms with Gasteiger partial charge < -0.3 is 15.1 Å². The fourth-order valence-corrected chi connectivity index (χ4v) is 6.38. The lowest BCUT2D eigenvalue weighted by Gasteiger charge is -2.36. The second-order valence-electron chi connectivity index (χ2n) is 9.06. The normalized spacial score (nSPS) is 17.7. The van der Waals surface area contributed by atoms with Crippen molar-refractivity contribution in [2.45, 2.75) is 16.7 Å². The summed E-state index contributed by atoms with van der Waals surface area (Å²) in [6, 6.07) is 19.9. The molecule has 2 aliphatic heterocycles. The molecule has 0 bridgehead atoms. The number of carbonyl (C=O) groups is 2. The second-order valence-corrected chi connectivity index (χ2v) is 10.9. The highest BCUT2D eigenvalue weighted by Crippen LogP contribution is 2.35. The molecule has 192 valence electrons. The van der Waals surface area contributed by atoms with Gasteiger partial charge in [-0.3, -0.25) is 14.5 Å². The number of piperazine rings is 1. The molecule has 9 heteroatoms. The van der Waals surface area contributed by atoms with Crippen LogP contribution in [-0.4, -0.2) is 66.7 Å². The fourth-order valence-electron chi connectivity index (χ4n) is 4.85. The van der Waals surface area contributed by atoms with E-state index in [1.54, 1.807) is 47.4 Å². The van der Waals surface area contributed by atoms with Gasteiger partial charge in [0, 0.05) is 62.1 Å². The van der Waals surface area contributed by atoms with Crippen LogP contribution in [0.25, 0.3) is 0 Å². The second kappa shape index (κ2) is 11.0. The van der Waals surface area contributed by atoms with Crippen LogP contribution in [0.4, 0.5) is 11.4 Å². The molecule has 3 aromatic rings. The summed E-state index contributed by atoms with van der Waals surface area (Å²) in [6.07, 6.45) is 0. The van der Waals surface area contributed by atoms with Crippen molar-refractivity contribution in [3.05, 3.63) is 82.9 Å². The predicted octanol–water partition coefficient (Wildman–Crippen LogP) is 4.04. The average molecular weight is 537 g/mol. The molecule has 0 radical (unpaired) electrons. The highest BCUT2D eigenvalue weighted by Gasteiger charge is 2.30. The SMILES string of the molecule is CCN1C(=O)c2ccccc2[S@](=O)c2ccc(C(=O)NCCN3CCN(c4cccc(Cl)c4)CC3)cc21. The summed E-state index contributed by atoms with van der Waals surface area (Å²) >= 11 is 6.13. The third kappa shape index (κ3) is 5.28. The van der Waals surface area contributed by atoms with Gasteiger partial charge >= 0.3 is 0 Å². The van der Waals surface area contributed by atoms with E-state index >= 15 is 0 Å². The maximum Gasteiger partial charge on any atom is 0.259 e. The van der Waals surface area contributed by atoms with E-state index in [0.29, 0.717) is 39.7 Å². The van der Waals surface area contributed by atoms with E-state index < -0.39 is 10.8 Å². The van der Waals surface area contributed by atoms with Crippen LogP contribution < -0.4 is 15.1 Å². The van der Waals surface area contributed by atoms with E-state index in [-0.39, 0.29) is 11.8 Å². The van der Waals surface area contributed by atoms with Crippen LogP contribution in [0.3, 0.4) is 0 Å². The highest BCUT2D eigenvalue weighted by molar-refractivity contribution is 7.85. The van der Waals surface area contributed by atoms with Crippen LogP contribution in [0.5, 0.6) is 0 Å². The first-order chi connectivity index (χ1) is 18.0. The zero-order chi connectivity index (χ0) is 25.9. The molecule has 0 aliphatic carbocycles. The smallest absolute Gasteiger partial charge is 0.259 e. The van der Waals surface area contributed by atoms with Crippen LogP contribution >= 0.6 is 11.6 Å². The van der Waals surface area contributed by atoms with Crippen LogP contribution in [0.2, 0.25) is 5.02 Å². The summed E-state index contributed by atoms with van der Waals surface area (Å²) in [4.78, 5) is 33.5. The standard InChI is InChI=1S/C28H29ClN4O3S/c1-2-33-24-18-20(10-11-26(24)37(36)25-9-4-3-8-23(25)28(33)35)27(34)30-12-13-31-14-16-32(17-15-31)22-7-5-6-21(29)19-22/h3-11,18-19H,2,12-17H2,1H3,(H,30,34)/t37-/m0/s1. The molecule has 0 aromatic heterocycles. The van der Waals surface area contributed by atoms with E-state index in [1.807, 2.05) is 25.1 Å². The summed E-state index contributed by atoms with van der Waals surface area (Å²) < 4.78 is 13.3. The molecular formula is C28H29ClN4O3S. The molecule has 2 amide bonds. The number of fused-ring (bicyclic) bond motifs is 2. The molecule has 2 aliphatic rings. The Morgan fingerprint density at radius 1 is 0.973 bits per heavy atom. The van der Waals surface area contributed by atoms with E-state index in [1.165, 1.54) is 0 Å². The first-order valence-electron chi connectivity index (χ1n) is 12.4. The molecule has 0 unspecified atom stereocenters. The lowest BCUT2D eigenvalue weighted by Crippen LogP contribution is -2.48. The molecule has 0 spiro atoms. The maximum absolute atomic E-state index is 13.3. The lowest BCUT2D eigenvalue weighted by molar-refractivity contribution is 0.0944. The maximum atomic E-state index is 13.3. The Kier molecular flexibility index (Phi) is 7.60. The first-order valence-corrected chi connectivity index (χ1v) is 14.0. The minimum absolute atomic E-state index is 0.209. The Morgan fingerprint density at radius 2 is 1.76 bits per heavy atom. The minimum Gasteiger partial charge on any atom is -0.369 e. The number of nitrogens with one attached hydrogen (secondary N) is 1. The highest BCUT2D eigenvalue weighted by atomic mass is 35.5. The minimum atomic E-state index is -1.51. The van der Waals surface area contributed by atoms with Crippen molar-refractivity contribution < 1.29 is 13.8 Å². The first kappa shape index (κ1) is 25.4. The number of benzene rings is 3. The van der Waals surface area contributed by atoms with Gasteiger partial charge in [-0.2, -0.15) is 0 Å². The van der Waals surface area contributed by atoms with Gasteiger partial charge in [0.15, 0.2) is 0 Å². The average Bonchev–Trinajstić information content (AvgIpc) is 3.01. The van der Waals surface area contributed by atoms with Crippen molar-refractivity contribution in [2.75, 3.05) is 55.6 Å². The predicted molar refractivity (Wildman–Crippen MR) is 147 cm³/mol. The van der Waals surface area contributed by atoms with Crippen molar-refractivity contribution in [1.82, 2.24) is 10.2 Å². The lowest BCUT2D eigenvalue weighted by atomic mass is 10.1. The molecule has 7 nitrogen and oxygen atoms in total. The number of nitrogens with zero attached hydrogens (tertiary/aromatic N) is 3. The van der Waals surface area contributed by atoms with E-state index in [2.05, 4.69) is 21.2 Å². The molecule has 1 fully saturated rings. The van der Waals surface area contributed by atoms with Crippen LogP contribution in [0.15, 0.2) is 76.5 Å². The van der Waals surface area contributed by atoms with Crippen LogP contribution in [-0.2, 0) is 10.8 Å². The van der Waals surface area contributed by atoms with Gasteiger partial charge in [-0.1, -0.05) is 29.8 Å². The van der Waals surface area contributed by atoms with E-state index in [0.717, 1.165) is 43.4 Å². The molecular weight excluding hydrogens is 508 g/mol. The third-order valence-corrected chi connectivity index (χ3v) is 8.58. The van der Waals surface area contributed by atoms with E-state index in [9.17, 15) is 13.8 Å². The molecule has 0 saturated carbocycles. The van der Waals surface area contributed by atoms with Crippen molar-refractivity contribution in [3.63, 3.8) is 0 Å². The van der Waals surface area contributed by atoms with Crippen molar-refractivity contribution in [1.29, 1.82) is 0 Å². The number of hydrogen-bond donors (Lipinski definition) is 1. The largest absolute Gasteiger partial charge is 0.369 e. The molecule has 3 aromatic carbocycles. The van der Waals surface area contributed by atoms with Gasteiger partial charge in [0.1, 0.15) is 0 Å². The van der Waals surface area contributed by atoms with Crippen LogP contribution in [0, 0.1) is 0 Å². The quantitative estimate of drug-likeness (QED) is 0.515. The fraction of sp³-hybridized carbons (Fsp3) is 0.286. The Bertz CT molecular complexity index is 1360. The van der Waals surface area contributed by atoms with Crippen molar-refractivity contribution in [2.24, 2.45) is 0 Å². The molecule has 5 rings (SSSR count). The molecule has 2 heterocycles. The molecule has 1 N–H and O–H groups in total. The Balaban J connectivity index is 1.21.